The molecule has 8 nitrogen and oxygen atoms in total. The van der Waals surface area contributed by atoms with E-state index in [2.05, 4.69) is 20.0 Å². The van der Waals surface area contributed by atoms with Crippen LogP contribution in [0.1, 0.15) is 44.1 Å². The molecule has 0 aromatic carbocycles. The normalized spacial score (nSPS) is 25.2. The number of carbonyl (C=O) groups is 1. The summed E-state index contributed by atoms with van der Waals surface area (Å²) in [6, 6.07) is 0. The molecule has 8 heteroatoms. The van der Waals surface area contributed by atoms with Gasteiger partial charge in [0.25, 0.3) is 5.78 Å². The van der Waals surface area contributed by atoms with Crippen molar-refractivity contribution in [2.75, 3.05) is 32.7 Å². The second kappa shape index (κ2) is 7.65. The summed E-state index contributed by atoms with van der Waals surface area (Å²) in [6.45, 7) is 4.29. The van der Waals surface area contributed by atoms with Gasteiger partial charge in [-0.2, -0.15) is 10.1 Å². The average molecular weight is 399 g/mol. The Hall–Kier alpha value is -2.06. The van der Waals surface area contributed by atoms with Crippen LogP contribution in [0.5, 0.6) is 0 Å². The largest absolute Gasteiger partial charge is 0.391 e. The van der Waals surface area contributed by atoms with E-state index < -0.39 is 0 Å². The van der Waals surface area contributed by atoms with Crippen molar-refractivity contribution in [1.29, 1.82) is 0 Å². The van der Waals surface area contributed by atoms with Crippen molar-refractivity contribution in [3.8, 4) is 0 Å². The summed E-state index contributed by atoms with van der Waals surface area (Å²) < 4.78 is 1.72. The minimum Gasteiger partial charge on any atom is -0.391 e. The summed E-state index contributed by atoms with van der Waals surface area (Å²) in [5.74, 6) is 1.61. The van der Waals surface area contributed by atoms with E-state index in [9.17, 15) is 9.90 Å². The van der Waals surface area contributed by atoms with E-state index in [1.54, 1.807) is 4.52 Å². The van der Waals surface area contributed by atoms with Crippen LogP contribution in [0.2, 0.25) is 0 Å². The minimum absolute atomic E-state index is 0.307. The number of piperidine rings is 2. The van der Waals surface area contributed by atoms with Crippen molar-refractivity contribution < 1.29 is 9.90 Å². The van der Waals surface area contributed by atoms with Crippen molar-refractivity contribution in [3.05, 3.63) is 24.3 Å². The van der Waals surface area contributed by atoms with Gasteiger partial charge in [0.15, 0.2) is 0 Å². The van der Waals surface area contributed by atoms with Crippen molar-refractivity contribution >= 4 is 11.7 Å². The van der Waals surface area contributed by atoms with Gasteiger partial charge in [-0.3, -0.25) is 4.79 Å². The molecule has 2 aromatic rings. The third-order valence-corrected chi connectivity index (χ3v) is 6.91. The summed E-state index contributed by atoms with van der Waals surface area (Å²) in [4.78, 5) is 26.0. The zero-order chi connectivity index (χ0) is 19.8. The lowest BCUT2D eigenvalue weighted by atomic mass is 9.70. The maximum absolute atomic E-state index is 13.2. The number of fused-ring (bicyclic) bond motifs is 1. The molecule has 1 atom stereocenters. The first-order chi connectivity index (χ1) is 14.1. The van der Waals surface area contributed by atoms with Gasteiger partial charge in [-0.15, -0.1) is 0 Å². The Morgan fingerprint density at radius 1 is 1.21 bits per heavy atom. The number of hydrogen-bond donors (Lipinski definition) is 1. The molecule has 1 unspecified atom stereocenters. The lowest BCUT2D eigenvalue weighted by Crippen LogP contribution is -2.57. The van der Waals surface area contributed by atoms with Crippen LogP contribution < -0.4 is 0 Å². The van der Waals surface area contributed by atoms with E-state index in [1.165, 1.54) is 19.2 Å². The van der Waals surface area contributed by atoms with E-state index in [1.807, 2.05) is 17.3 Å². The Morgan fingerprint density at radius 2 is 2.03 bits per heavy atom. The number of aryl methyl sites for hydroxylation is 1. The standard InChI is InChI=1S/C21H30N6O2/c28-18-10-21(19(29)26(14-18)12-16-3-4-16)5-8-25(9-6-21)7-1-2-17-11-22-20-23-15-24-27(20)13-17/h11,13,15-16,18,28H,1-10,12,14H2. The summed E-state index contributed by atoms with van der Waals surface area (Å²) in [7, 11) is 0. The number of carbonyl (C=O) groups excluding carboxylic acids is 1. The highest BCUT2D eigenvalue weighted by Gasteiger charge is 2.48. The van der Waals surface area contributed by atoms with Crippen LogP contribution in [0.4, 0.5) is 0 Å². The van der Waals surface area contributed by atoms with Gasteiger partial charge >= 0.3 is 0 Å². The number of amides is 1. The zero-order valence-electron chi connectivity index (χ0n) is 16.9. The molecular formula is C21H30N6O2. The summed E-state index contributed by atoms with van der Waals surface area (Å²) in [6.07, 6.45) is 11.9. The molecule has 0 bridgehead atoms. The first-order valence-corrected chi connectivity index (χ1v) is 11.0. The molecule has 2 aliphatic heterocycles. The fourth-order valence-electron chi connectivity index (χ4n) is 5.06. The lowest BCUT2D eigenvalue weighted by molar-refractivity contribution is -0.156. The Balaban J connectivity index is 1.13. The van der Waals surface area contributed by atoms with Gasteiger partial charge in [0.2, 0.25) is 5.91 Å². The van der Waals surface area contributed by atoms with E-state index in [-0.39, 0.29) is 11.5 Å². The molecule has 0 radical (unpaired) electrons. The third kappa shape index (κ3) is 4.00. The molecule has 1 aliphatic carbocycles. The topological polar surface area (TPSA) is 86.9 Å². The maximum atomic E-state index is 13.2. The quantitative estimate of drug-likeness (QED) is 0.785. The van der Waals surface area contributed by atoms with Gasteiger partial charge in [-0.25, -0.2) is 9.50 Å². The highest BCUT2D eigenvalue weighted by molar-refractivity contribution is 5.84. The summed E-state index contributed by atoms with van der Waals surface area (Å²) >= 11 is 0. The molecule has 156 valence electrons. The number of nitrogens with zero attached hydrogens (tertiary/aromatic N) is 6. The van der Waals surface area contributed by atoms with Crippen LogP contribution in [-0.4, -0.2) is 79.2 Å². The molecule has 1 saturated carbocycles. The van der Waals surface area contributed by atoms with Crippen LogP contribution in [0.3, 0.4) is 0 Å². The molecule has 5 rings (SSSR count). The van der Waals surface area contributed by atoms with E-state index in [0.717, 1.165) is 57.4 Å². The molecule has 29 heavy (non-hydrogen) atoms. The van der Waals surface area contributed by atoms with Crippen LogP contribution >= 0.6 is 0 Å². The first-order valence-electron chi connectivity index (χ1n) is 11.0. The molecule has 2 saturated heterocycles. The van der Waals surface area contributed by atoms with Crippen LogP contribution in [0.15, 0.2) is 18.7 Å². The smallest absolute Gasteiger partial charge is 0.252 e. The predicted molar refractivity (Wildman–Crippen MR) is 107 cm³/mol. The average Bonchev–Trinajstić information content (AvgIpc) is 3.41. The Labute approximate surface area is 170 Å². The summed E-state index contributed by atoms with van der Waals surface area (Å²) in [5.41, 5.74) is 0.836. The SMILES string of the molecule is O=C1N(CC2CC2)CC(O)CC12CCN(CCCc1cnc3ncnn3c1)CC2. The highest BCUT2D eigenvalue weighted by atomic mass is 16.3. The highest BCUT2D eigenvalue weighted by Crippen LogP contribution is 2.42. The van der Waals surface area contributed by atoms with Crippen molar-refractivity contribution in [2.45, 2.75) is 51.0 Å². The van der Waals surface area contributed by atoms with Gasteiger partial charge in [0, 0.05) is 25.5 Å². The van der Waals surface area contributed by atoms with Crippen molar-refractivity contribution in [1.82, 2.24) is 29.4 Å². The molecule has 1 spiro atoms. The monoisotopic (exact) mass is 398 g/mol. The van der Waals surface area contributed by atoms with Gasteiger partial charge in [-0.1, -0.05) is 0 Å². The minimum atomic E-state index is -0.364. The fourth-order valence-corrected chi connectivity index (χ4v) is 5.06. The molecule has 2 aromatic heterocycles. The molecular weight excluding hydrogens is 368 g/mol. The van der Waals surface area contributed by atoms with Crippen LogP contribution in [0, 0.1) is 11.3 Å². The van der Waals surface area contributed by atoms with Crippen LogP contribution in [-0.2, 0) is 11.2 Å². The zero-order valence-corrected chi connectivity index (χ0v) is 16.9. The number of hydrogen-bond acceptors (Lipinski definition) is 6. The maximum Gasteiger partial charge on any atom is 0.252 e. The fraction of sp³-hybridized carbons (Fsp3) is 0.714. The molecule has 1 N–H and O–H groups in total. The number of aliphatic hydroxyl groups excluding tert-OH is 1. The summed E-state index contributed by atoms with van der Waals surface area (Å²) in [5, 5.41) is 14.6. The van der Waals surface area contributed by atoms with Gasteiger partial charge in [0.1, 0.15) is 6.33 Å². The van der Waals surface area contributed by atoms with Crippen molar-refractivity contribution in [3.63, 3.8) is 0 Å². The second-order valence-corrected chi connectivity index (χ2v) is 9.20. The number of aromatic nitrogens is 4. The second-order valence-electron chi connectivity index (χ2n) is 9.20. The van der Waals surface area contributed by atoms with Crippen molar-refractivity contribution in [2.24, 2.45) is 11.3 Å². The Morgan fingerprint density at radius 3 is 2.83 bits per heavy atom. The van der Waals surface area contributed by atoms with Gasteiger partial charge in [0.05, 0.1) is 11.5 Å². The Kier molecular flexibility index (Phi) is 4.99. The van der Waals surface area contributed by atoms with Gasteiger partial charge < -0.3 is 14.9 Å². The number of rotatable bonds is 6. The molecule has 3 aliphatic rings. The molecule has 3 fully saturated rings. The first kappa shape index (κ1) is 18.9. The third-order valence-electron chi connectivity index (χ3n) is 6.91. The van der Waals surface area contributed by atoms with Gasteiger partial charge in [-0.05, 0) is 76.1 Å². The lowest BCUT2D eigenvalue weighted by Gasteiger charge is -2.48. The number of likely N-dealkylation sites (tertiary alicyclic amines) is 2. The van der Waals surface area contributed by atoms with Crippen LogP contribution in [0.25, 0.3) is 5.78 Å². The molecule has 1 amide bonds. The Bertz CT molecular complexity index is 869. The van der Waals surface area contributed by atoms with E-state index in [4.69, 9.17) is 0 Å². The molecule has 4 heterocycles. The number of β-amino-alcohol motifs (C(OH)–C–C–N with tert-alkyl or cyclic N) is 1. The number of aliphatic hydroxyl groups is 1. The van der Waals surface area contributed by atoms with E-state index in [0.29, 0.717) is 30.6 Å². The predicted octanol–water partition coefficient (Wildman–Crippen LogP) is 1.14. The van der Waals surface area contributed by atoms with E-state index >= 15 is 0 Å².